The first-order valence-electron chi connectivity index (χ1n) is 7.09. The first kappa shape index (κ1) is 18.2. The van der Waals surface area contributed by atoms with Gasteiger partial charge in [-0.05, 0) is 42.5 Å². The maximum atomic E-state index is 12.1. The Hall–Kier alpha value is -2.16. The number of halogens is 4. The second-order valence-corrected chi connectivity index (χ2v) is 5.64. The van der Waals surface area contributed by atoms with Crippen LogP contribution in [0.5, 0.6) is 5.75 Å². The number of likely N-dealkylation sites (tertiary alicyclic amines) is 1. The Morgan fingerprint density at radius 3 is 2.25 bits per heavy atom. The molecule has 0 amide bonds. The number of nitrogens with zero attached hydrogens (tertiary/aromatic N) is 3. The number of aliphatic imine (C=N–C) groups is 2. The molecule has 10 heteroatoms. The Labute approximate surface area is 142 Å². The number of piperidine rings is 1. The Balaban J connectivity index is 0.00000208. The van der Waals surface area contributed by atoms with Crippen molar-refractivity contribution in [2.24, 2.45) is 33.3 Å². The molecule has 4 N–H and O–H groups in total. The largest absolute Gasteiger partial charge is 0.573 e. The molecule has 2 aliphatic rings. The van der Waals surface area contributed by atoms with Crippen LogP contribution in [-0.4, -0.2) is 36.3 Å². The zero-order valence-electron chi connectivity index (χ0n) is 12.5. The summed E-state index contributed by atoms with van der Waals surface area (Å²) in [6.45, 7) is 1.77. The molecule has 24 heavy (non-hydrogen) atoms. The lowest BCUT2D eigenvalue weighted by Crippen LogP contribution is -2.38. The SMILES string of the molecule is Cl.NC(=Nc1ccc(OC(F)(F)F)cc1)N=C(N)N1CC2CC2C1. The second kappa shape index (κ2) is 6.76. The van der Waals surface area contributed by atoms with Crippen LogP contribution < -0.4 is 16.2 Å². The lowest BCUT2D eigenvalue weighted by atomic mass is 10.3. The monoisotopic (exact) mass is 363 g/mol. The van der Waals surface area contributed by atoms with Crippen LogP contribution in [0.15, 0.2) is 34.3 Å². The summed E-state index contributed by atoms with van der Waals surface area (Å²) >= 11 is 0. The fourth-order valence-electron chi connectivity index (χ4n) is 2.65. The van der Waals surface area contributed by atoms with E-state index < -0.39 is 6.36 Å². The van der Waals surface area contributed by atoms with Gasteiger partial charge < -0.3 is 21.1 Å². The molecule has 1 saturated carbocycles. The van der Waals surface area contributed by atoms with E-state index in [0.717, 1.165) is 25.2 Å². The van der Waals surface area contributed by atoms with Crippen molar-refractivity contribution in [3.8, 4) is 5.75 Å². The molecule has 2 atom stereocenters. The zero-order chi connectivity index (χ0) is 16.6. The van der Waals surface area contributed by atoms with Crippen LogP contribution in [0.4, 0.5) is 18.9 Å². The first-order valence-corrected chi connectivity index (χ1v) is 7.09. The summed E-state index contributed by atoms with van der Waals surface area (Å²) in [5.74, 6) is 1.36. The molecule has 1 aromatic rings. The van der Waals surface area contributed by atoms with E-state index in [4.69, 9.17) is 11.5 Å². The van der Waals surface area contributed by atoms with Gasteiger partial charge in [-0.2, -0.15) is 4.99 Å². The number of hydrogen-bond donors (Lipinski definition) is 2. The third-order valence-electron chi connectivity index (χ3n) is 3.85. The smallest absolute Gasteiger partial charge is 0.406 e. The highest BCUT2D eigenvalue weighted by atomic mass is 35.5. The number of hydrogen-bond acceptors (Lipinski definition) is 2. The van der Waals surface area contributed by atoms with Gasteiger partial charge in [0, 0.05) is 13.1 Å². The Morgan fingerprint density at radius 1 is 1.12 bits per heavy atom. The van der Waals surface area contributed by atoms with E-state index in [1.807, 2.05) is 4.90 Å². The summed E-state index contributed by atoms with van der Waals surface area (Å²) in [4.78, 5) is 9.99. The number of guanidine groups is 2. The van der Waals surface area contributed by atoms with E-state index in [-0.39, 0.29) is 24.1 Å². The summed E-state index contributed by atoms with van der Waals surface area (Å²) in [6.07, 6.45) is -3.47. The van der Waals surface area contributed by atoms with Gasteiger partial charge in [0.15, 0.2) is 5.96 Å². The molecular weight excluding hydrogens is 347 g/mol. The average Bonchev–Trinajstić information content (AvgIpc) is 3.05. The summed E-state index contributed by atoms with van der Waals surface area (Å²) in [5.41, 5.74) is 11.9. The highest BCUT2D eigenvalue weighted by Gasteiger charge is 2.45. The molecule has 0 aromatic heterocycles. The van der Waals surface area contributed by atoms with Crippen molar-refractivity contribution in [1.29, 1.82) is 0 Å². The molecule has 2 unspecified atom stereocenters. The molecule has 132 valence electrons. The van der Waals surface area contributed by atoms with Gasteiger partial charge in [-0.15, -0.1) is 25.6 Å². The lowest BCUT2D eigenvalue weighted by Gasteiger charge is -2.18. The van der Waals surface area contributed by atoms with Crippen molar-refractivity contribution in [2.45, 2.75) is 12.8 Å². The molecule has 1 aliphatic carbocycles. The Kier molecular flexibility index (Phi) is 5.12. The molecule has 1 saturated heterocycles. The molecule has 0 spiro atoms. The first-order chi connectivity index (χ1) is 10.8. The summed E-state index contributed by atoms with van der Waals surface area (Å²) in [7, 11) is 0. The fourth-order valence-corrected chi connectivity index (χ4v) is 2.65. The lowest BCUT2D eigenvalue weighted by molar-refractivity contribution is -0.274. The van der Waals surface area contributed by atoms with E-state index in [1.54, 1.807) is 0 Å². The van der Waals surface area contributed by atoms with Gasteiger partial charge in [0.25, 0.3) is 0 Å². The van der Waals surface area contributed by atoms with Crippen molar-refractivity contribution >= 4 is 30.0 Å². The van der Waals surface area contributed by atoms with Gasteiger partial charge in [0.1, 0.15) is 5.75 Å². The predicted molar refractivity (Wildman–Crippen MR) is 86.4 cm³/mol. The third kappa shape index (κ3) is 4.67. The van der Waals surface area contributed by atoms with E-state index in [0.29, 0.717) is 23.5 Å². The summed E-state index contributed by atoms with van der Waals surface area (Å²) in [5, 5.41) is 0. The number of fused-ring (bicyclic) bond motifs is 1. The molecular formula is C14H17ClF3N5O. The van der Waals surface area contributed by atoms with Crippen LogP contribution in [-0.2, 0) is 0 Å². The molecule has 6 nitrogen and oxygen atoms in total. The summed E-state index contributed by atoms with van der Waals surface area (Å²) in [6, 6.07) is 5.01. The van der Waals surface area contributed by atoms with E-state index >= 15 is 0 Å². The maximum Gasteiger partial charge on any atom is 0.573 e. The van der Waals surface area contributed by atoms with Crippen molar-refractivity contribution < 1.29 is 17.9 Å². The van der Waals surface area contributed by atoms with Crippen LogP contribution in [0, 0.1) is 11.8 Å². The van der Waals surface area contributed by atoms with Gasteiger partial charge in [-0.3, -0.25) is 0 Å². The molecule has 0 radical (unpaired) electrons. The number of nitrogens with two attached hydrogens (primary N) is 2. The zero-order valence-corrected chi connectivity index (χ0v) is 13.3. The van der Waals surface area contributed by atoms with E-state index in [1.165, 1.54) is 18.6 Å². The highest BCUT2D eigenvalue weighted by Crippen LogP contribution is 2.44. The van der Waals surface area contributed by atoms with E-state index in [2.05, 4.69) is 14.7 Å². The topological polar surface area (TPSA) is 89.2 Å². The van der Waals surface area contributed by atoms with E-state index in [9.17, 15) is 13.2 Å². The van der Waals surface area contributed by atoms with Crippen molar-refractivity contribution in [3.63, 3.8) is 0 Å². The molecule has 0 bridgehead atoms. The number of rotatable bonds is 2. The van der Waals surface area contributed by atoms with Gasteiger partial charge in [-0.1, -0.05) is 0 Å². The van der Waals surface area contributed by atoms with Crippen molar-refractivity contribution in [3.05, 3.63) is 24.3 Å². The molecule has 1 aliphatic heterocycles. The van der Waals surface area contributed by atoms with Gasteiger partial charge in [0.2, 0.25) is 5.96 Å². The number of alkyl halides is 3. The Morgan fingerprint density at radius 2 is 1.71 bits per heavy atom. The van der Waals surface area contributed by atoms with Gasteiger partial charge in [-0.25, -0.2) is 4.99 Å². The minimum atomic E-state index is -4.72. The molecule has 3 rings (SSSR count). The fraction of sp³-hybridized carbons (Fsp3) is 0.429. The minimum absolute atomic E-state index is 0. The molecule has 1 aromatic carbocycles. The molecule has 1 heterocycles. The van der Waals surface area contributed by atoms with Crippen molar-refractivity contribution in [2.75, 3.05) is 13.1 Å². The van der Waals surface area contributed by atoms with Crippen LogP contribution in [0.1, 0.15) is 6.42 Å². The minimum Gasteiger partial charge on any atom is -0.406 e. The molecule has 2 fully saturated rings. The van der Waals surface area contributed by atoms with Crippen LogP contribution >= 0.6 is 12.4 Å². The quantitative estimate of drug-likeness (QED) is 0.623. The second-order valence-electron chi connectivity index (χ2n) is 5.64. The van der Waals surface area contributed by atoms with Crippen LogP contribution in [0.3, 0.4) is 0 Å². The van der Waals surface area contributed by atoms with Crippen molar-refractivity contribution in [1.82, 2.24) is 4.90 Å². The predicted octanol–water partition coefficient (Wildman–Crippen LogP) is 2.22. The highest BCUT2D eigenvalue weighted by molar-refractivity contribution is 5.94. The Bertz CT molecular complexity index is 637. The van der Waals surface area contributed by atoms with Crippen LogP contribution in [0.2, 0.25) is 0 Å². The number of ether oxygens (including phenoxy) is 1. The average molecular weight is 364 g/mol. The third-order valence-corrected chi connectivity index (χ3v) is 3.85. The van der Waals surface area contributed by atoms with Gasteiger partial charge >= 0.3 is 6.36 Å². The van der Waals surface area contributed by atoms with Gasteiger partial charge in [0.05, 0.1) is 5.69 Å². The summed E-state index contributed by atoms with van der Waals surface area (Å²) < 4.78 is 40.0. The maximum absolute atomic E-state index is 12.1. The normalized spacial score (nSPS) is 23.5. The van der Waals surface area contributed by atoms with Crippen LogP contribution in [0.25, 0.3) is 0 Å². The number of benzene rings is 1. The standard InChI is InChI=1S/C14H16F3N5O.ClH/c15-14(16,17)23-11-3-1-10(2-4-11)20-12(18)21-13(19)22-6-8-5-9(8)7-22;/h1-4,8-9H,5-7H2,(H4,18,19,20,21);1H.